The molecule has 2 atom stereocenters. The predicted molar refractivity (Wildman–Crippen MR) is 112 cm³/mol. The van der Waals surface area contributed by atoms with Crippen LogP contribution in [0.1, 0.15) is 32.8 Å². The predicted octanol–water partition coefficient (Wildman–Crippen LogP) is 4.27. The lowest BCUT2D eigenvalue weighted by atomic mass is 9.96. The average molecular weight is 467 g/mol. The van der Waals surface area contributed by atoms with Crippen molar-refractivity contribution >= 4 is 34.4 Å². The van der Waals surface area contributed by atoms with Gasteiger partial charge in [-0.15, -0.1) is 0 Å². The smallest absolute Gasteiger partial charge is 0.267 e. The molecule has 0 fully saturated rings. The van der Waals surface area contributed by atoms with Crippen LogP contribution >= 0.6 is 15.9 Å². The Labute approximate surface area is 167 Å². The first kappa shape index (κ1) is 23.8. The molecule has 0 aliphatic carbocycles. The Balaban J connectivity index is 2.82. The van der Waals surface area contributed by atoms with Crippen LogP contribution in [0.2, 0.25) is 18.1 Å². The minimum Gasteiger partial charge on any atom is -0.416 e. The second-order valence-corrected chi connectivity index (χ2v) is 15.5. The van der Waals surface area contributed by atoms with Gasteiger partial charge in [-0.2, -0.15) is 8.42 Å². The summed E-state index contributed by atoms with van der Waals surface area (Å²) in [5, 5.41) is 10.4. The lowest BCUT2D eigenvalue weighted by Gasteiger charge is -2.38. The molecule has 1 aromatic rings. The summed E-state index contributed by atoms with van der Waals surface area (Å²) in [6.45, 7) is 10.9. The lowest BCUT2D eigenvalue weighted by Crippen LogP contribution is -2.43. The fourth-order valence-electron chi connectivity index (χ4n) is 2.27. The molecule has 0 bridgehead atoms. The molecule has 1 rings (SSSR count). The van der Waals surface area contributed by atoms with Gasteiger partial charge in [0.15, 0.2) is 8.32 Å². The van der Waals surface area contributed by atoms with Crippen molar-refractivity contribution in [3.05, 3.63) is 34.3 Å². The van der Waals surface area contributed by atoms with Gasteiger partial charge in [0.2, 0.25) is 0 Å². The summed E-state index contributed by atoms with van der Waals surface area (Å²) in [6, 6.07) is 7.88. The Kier molecular flexibility index (Phi) is 8.50. The summed E-state index contributed by atoms with van der Waals surface area (Å²) in [5.41, 5.74) is 1.10. The van der Waals surface area contributed by atoms with Crippen molar-refractivity contribution in [2.75, 3.05) is 12.4 Å². The van der Waals surface area contributed by atoms with Crippen molar-refractivity contribution in [3.8, 4) is 0 Å². The molecule has 2 unspecified atom stereocenters. The first-order chi connectivity index (χ1) is 11.7. The van der Waals surface area contributed by atoms with Crippen LogP contribution < -0.4 is 0 Å². The van der Waals surface area contributed by atoms with Crippen LogP contribution in [0, 0.1) is 5.92 Å². The van der Waals surface area contributed by atoms with Gasteiger partial charge in [0.1, 0.15) is 5.75 Å². The highest BCUT2D eigenvalue weighted by Gasteiger charge is 2.38. The first-order valence-electron chi connectivity index (χ1n) is 8.73. The summed E-state index contributed by atoms with van der Waals surface area (Å²) < 4.78 is 38.6. The van der Waals surface area contributed by atoms with Gasteiger partial charge in [0.05, 0.1) is 6.10 Å². The molecular weight excluding hydrogens is 436 g/mol. The Morgan fingerprint density at radius 2 is 1.73 bits per heavy atom. The van der Waals surface area contributed by atoms with Crippen molar-refractivity contribution in [2.24, 2.45) is 5.92 Å². The molecule has 5 nitrogen and oxygen atoms in total. The van der Waals surface area contributed by atoms with Crippen molar-refractivity contribution in [2.45, 2.75) is 57.8 Å². The molecule has 0 radical (unpaired) electrons. The Morgan fingerprint density at radius 3 is 2.19 bits per heavy atom. The normalized spacial score (nSPS) is 15.7. The summed E-state index contributed by atoms with van der Waals surface area (Å²) >= 11 is 3.40. The summed E-state index contributed by atoms with van der Waals surface area (Å²) in [6.07, 6.45) is 0.110. The molecule has 0 amide bonds. The van der Waals surface area contributed by atoms with E-state index in [0.29, 0.717) is 12.8 Å². The number of rotatable bonds is 9. The highest BCUT2D eigenvalue weighted by atomic mass is 79.9. The quantitative estimate of drug-likeness (QED) is 0.419. The van der Waals surface area contributed by atoms with Crippen LogP contribution in [0.5, 0.6) is 0 Å². The number of hydrogen-bond acceptors (Lipinski definition) is 4. The molecule has 0 saturated carbocycles. The maximum absolute atomic E-state index is 11.2. The number of aryl methyl sites for hydroxylation is 1. The molecule has 0 spiro atoms. The fourth-order valence-corrected chi connectivity index (χ4v) is 4.31. The van der Waals surface area contributed by atoms with E-state index in [2.05, 4.69) is 49.8 Å². The zero-order valence-electron chi connectivity index (χ0n) is 16.2. The van der Waals surface area contributed by atoms with E-state index >= 15 is 0 Å². The zero-order chi connectivity index (χ0) is 20.2. The van der Waals surface area contributed by atoms with Gasteiger partial charge in [-0.05, 0) is 48.7 Å². The molecule has 8 heteroatoms. The summed E-state index contributed by atoms with van der Waals surface area (Å²) in [4.78, 5) is 0. The van der Waals surface area contributed by atoms with Crippen molar-refractivity contribution in [3.63, 3.8) is 0 Å². The second kappa shape index (κ2) is 9.30. The summed E-state index contributed by atoms with van der Waals surface area (Å²) in [5.74, 6) is -1.03. The largest absolute Gasteiger partial charge is 0.416 e. The standard InChI is InChI=1S/C18H31BrO5SSi/c1-18(2,3)26(4,5)24-12-15(17(20)13-25(21,22)23)9-6-14-7-10-16(19)11-8-14/h7-8,10-11,15,17,20H,6,9,12-13H2,1-5H3,(H,21,22,23). The SMILES string of the molecule is CC(C)(C)[Si](C)(C)OCC(CCc1ccc(Br)cc1)C(O)CS(=O)(=O)O. The lowest BCUT2D eigenvalue weighted by molar-refractivity contribution is 0.0803. The highest BCUT2D eigenvalue weighted by Crippen LogP contribution is 2.37. The third-order valence-electron chi connectivity index (χ3n) is 5.11. The van der Waals surface area contributed by atoms with Crippen LogP contribution in [-0.2, 0) is 21.0 Å². The molecule has 0 aromatic heterocycles. The number of benzene rings is 1. The van der Waals surface area contributed by atoms with Crippen LogP contribution in [0.15, 0.2) is 28.7 Å². The van der Waals surface area contributed by atoms with E-state index in [1.54, 1.807) is 0 Å². The maximum Gasteiger partial charge on any atom is 0.267 e. The third-order valence-corrected chi connectivity index (χ3v) is 10.9. The van der Waals surface area contributed by atoms with Crippen LogP contribution in [0.25, 0.3) is 0 Å². The number of hydrogen-bond donors (Lipinski definition) is 2. The van der Waals surface area contributed by atoms with Crippen LogP contribution in [0.3, 0.4) is 0 Å². The van der Waals surface area contributed by atoms with Crippen molar-refractivity contribution < 1.29 is 22.5 Å². The number of aliphatic hydroxyl groups is 1. The third kappa shape index (κ3) is 8.18. The Bertz CT molecular complexity index is 668. The topological polar surface area (TPSA) is 83.8 Å². The zero-order valence-corrected chi connectivity index (χ0v) is 19.6. The molecule has 2 N–H and O–H groups in total. The van der Waals surface area contributed by atoms with Crippen LogP contribution in [0.4, 0.5) is 0 Å². The Hall–Kier alpha value is -0.253. The van der Waals surface area contributed by atoms with Crippen LogP contribution in [-0.4, -0.2) is 44.9 Å². The van der Waals surface area contributed by atoms with E-state index < -0.39 is 30.3 Å². The second-order valence-electron chi connectivity index (χ2n) is 8.31. The van der Waals surface area contributed by atoms with Gasteiger partial charge >= 0.3 is 0 Å². The molecule has 0 heterocycles. The van der Waals surface area contributed by atoms with Gasteiger partial charge in [0, 0.05) is 17.0 Å². The number of halogens is 1. The van der Waals surface area contributed by atoms with Gasteiger partial charge in [-0.1, -0.05) is 48.8 Å². The molecular formula is C18H31BrO5SSi. The van der Waals surface area contributed by atoms with E-state index in [1.807, 2.05) is 24.3 Å². The maximum atomic E-state index is 11.2. The van der Waals surface area contributed by atoms with E-state index in [0.717, 1.165) is 10.0 Å². The molecule has 0 aliphatic rings. The van der Waals surface area contributed by atoms with Crippen molar-refractivity contribution in [1.29, 1.82) is 0 Å². The fraction of sp³-hybridized carbons (Fsp3) is 0.667. The van der Waals surface area contributed by atoms with Crippen molar-refractivity contribution in [1.82, 2.24) is 0 Å². The minimum atomic E-state index is -4.24. The van der Waals surface area contributed by atoms with E-state index in [1.165, 1.54) is 0 Å². The van der Waals surface area contributed by atoms with Gasteiger partial charge in [0.25, 0.3) is 10.1 Å². The van der Waals surface area contributed by atoms with E-state index in [9.17, 15) is 13.5 Å². The highest BCUT2D eigenvalue weighted by molar-refractivity contribution is 9.10. The monoisotopic (exact) mass is 466 g/mol. The summed E-state index contributed by atoms with van der Waals surface area (Å²) in [7, 11) is -6.26. The molecule has 0 saturated heterocycles. The van der Waals surface area contributed by atoms with E-state index in [4.69, 9.17) is 8.98 Å². The van der Waals surface area contributed by atoms with E-state index in [-0.39, 0.29) is 17.6 Å². The molecule has 1 aromatic carbocycles. The average Bonchev–Trinajstić information content (AvgIpc) is 2.45. The van der Waals surface area contributed by atoms with Gasteiger partial charge < -0.3 is 9.53 Å². The number of aliphatic hydroxyl groups excluding tert-OH is 1. The van der Waals surface area contributed by atoms with Gasteiger partial charge in [-0.3, -0.25) is 4.55 Å². The first-order valence-corrected chi connectivity index (χ1v) is 14.0. The molecule has 26 heavy (non-hydrogen) atoms. The van der Waals surface area contributed by atoms with Gasteiger partial charge in [-0.25, -0.2) is 0 Å². The molecule has 150 valence electrons. The molecule has 0 aliphatic heterocycles. The Morgan fingerprint density at radius 1 is 1.19 bits per heavy atom. The minimum absolute atomic E-state index is 0.0251.